The molecule has 0 spiro atoms. The fourth-order valence-corrected chi connectivity index (χ4v) is 2.40. The van der Waals surface area contributed by atoms with E-state index in [-0.39, 0.29) is 11.7 Å². The molecule has 0 aliphatic rings. The van der Waals surface area contributed by atoms with Crippen LogP contribution < -0.4 is 0 Å². The Morgan fingerprint density at radius 1 is 1.42 bits per heavy atom. The van der Waals surface area contributed by atoms with Gasteiger partial charge in [-0.05, 0) is 6.92 Å². The average molecular weight is 286 g/mol. The first kappa shape index (κ1) is 15.5. The topological polar surface area (TPSA) is 88.3 Å². The predicted octanol–water partition coefficient (Wildman–Crippen LogP) is 0.666. The number of nitrogens with zero attached hydrogens (tertiary/aromatic N) is 4. The van der Waals surface area contributed by atoms with Gasteiger partial charge in [-0.15, -0.1) is 10.2 Å². The molecule has 1 aromatic rings. The second-order valence-corrected chi connectivity index (χ2v) is 5.16. The maximum atomic E-state index is 12.0. The summed E-state index contributed by atoms with van der Waals surface area (Å²) < 4.78 is 1.70. The Kier molecular flexibility index (Phi) is 5.34. The lowest BCUT2D eigenvalue weighted by Gasteiger charge is -2.20. The second kappa shape index (κ2) is 6.55. The second-order valence-electron chi connectivity index (χ2n) is 4.21. The number of carbonyl (C=O) groups excluding carboxylic acids is 1. The first-order chi connectivity index (χ1) is 8.88. The van der Waals surface area contributed by atoms with E-state index in [9.17, 15) is 9.59 Å². The minimum Gasteiger partial charge on any atom is -0.481 e. The lowest BCUT2D eigenvalue weighted by Crippen LogP contribution is -2.31. The maximum Gasteiger partial charge on any atom is 0.313 e. The fourth-order valence-electron chi connectivity index (χ4n) is 1.65. The van der Waals surface area contributed by atoms with Crippen LogP contribution in [-0.2, 0) is 16.0 Å². The standard InChI is InChI=1S/C11H18N4O3S/c1-5-8-12-13-11(19-6-9(16)17)15(8)7(2)10(18)14(3)4/h7H,5-6H2,1-4H3,(H,16,17). The van der Waals surface area contributed by atoms with Crippen molar-refractivity contribution < 1.29 is 14.7 Å². The van der Waals surface area contributed by atoms with Crippen LogP contribution in [0.2, 0.25) is 0 Å². The molecular formula is C11H18N4O3S. The molecule has 1 unspecified atom stereocenters. The van der Waals surface area contributed by atoms with Crippen LogP contribution in [0.5, 0.6) is 0 Å². The largest absolute Gasteiger partial charge is 0.481 e. The summed E-state index contributed by atoms with van der Waals surface area (Å²) in [6.07, 6.45) is 0.631. The Balaban J connectivity index is 3.04. The van der Waals surface area contributed by atoms with Gasteiger partial charge in [0.25, 0.3) is 0 Å². The van der Waals surface area contributed by atoms with Crippen molar-refractivity contribution in [3.8, 4) is 0 Å². The van der Waals surface area contributed by atoms with Gasteiger partial charge >= 0.3 is 5.97 Å². The van der Waals surface area contributed by atoms with Crippen molar-refractivity contribution in [1.29, 1.82) is 0 Å². The van der Waals surface area contributed by atoms with Crippen LogP contribution in [0.3, 0.4) is 0 Å². The number of hydrogen-bond acceptors (Lipinski definition) is 5. The molecule has 1 aromatic heterocycles. The summed E-state index contributed by atoms with van der Waals surface area (Å²) in [6, 6.07) is -0.448. The molecular weight excluding hydrogens is 268 g/mol. The van der Waals surface area contributed by atoms with Crippen LogP contribution in [0.1, 0.15) is 25.7 Å². The minimum absolute atomic E-state index is 0.0772. The molecule has 0 aromatic carbocycles. The van der Waals surface area contributed by atoms with Crippen molar-refractivity contribution in [2.75, 3.05) is 19.8 Å². The zero-order chi connectivity index (χ0) is 14.6. The third-order valence-electron chi connectivity index (χ3n) is 2.56. The molecule has 0 aliphatic carbocycles. The van der Waals surface area contributed by atoms with Crippen molar-refractivity contribution >= 4 is 23.6 Å². The Labute approximate surface area is 116 Å². The lowest BCUT2D eigenvalue weighted by molar-refractivity contribution is -0.134. The van der Waals surface area contributed by atoms with Crippen molar-refractivity contribution in [3.05, 3.63) is 5.82 Å². The molecule has 1 atom stereocenters. The van der Waals surface area contributed by atoms with Gasteiger partial charge in [0.15, 0.2) is 5.16 Å². The fraction of sp³-hybridized carbons (Fsp3) is 0.636. The number of hydrogen-bond donors (Lipinski definition) is 1. The Morgan fingerprint density at radius 2 is 2.05 bits per heavy atom. The van der Waals surface area contributed by atoms with Gasteiger partial charge < -0.3 is 10.0 Å². The minimum atomic E-state index is -0.927. The summed E-state index contributed by atoms with van der Waals surface area (Å²) in [5.74, 6) is -0.434. The molecule has 19 heavy (non-hydrogen) atoms. The van der Waals surface area contributed by atoms with Crippen LogP contribution in [0, 0.1) is 0 Å². The van der Waals surface area contributed by atoms with Crippen LogP contribution in [0.15, 0.2) is 5.16 Å². The van der Waals surface area contributed by atoms with Gasteiger partial charge in [0, 0.05) is 20.5 Å². The zero-order valence-electron chi connectivity index (χ0n) is 11.5. The molecule has 0 radical (unpaired) electrons. The number of aryl methyl sites for hydroxylation is 1. The molecule has 0 saturated heterocycles. The summed E-state index contributed by atoms with van der Waals surface area (Å²) in [4.78, 5) is 24.1. The first-order valence-corrected chi connectivity index (χ1v) is 6.86. The van der Waals surface area contributed by atoms with E-state index in [2.05, 4.69) is 10.2 Å². The third kappa shape index (κ3) is 3.69. The predicted molar refractivity (Wildman–Crippen MR) is 71.2 cm³/mol. The van der Waals surface area contributed by atoms with Crippen molar-refractivity contribution in [2.45, 2.75) is 31.5 Å². The van der Waals surface area contributed by atoms with Crippen molar-refractivity contribution in [2.24, 2.45) is 0 Å². The molecule has 0 fully saturated rings. The van der Waals surface area contributed by atoms with E-state index in [1.807, 2.05) is 6.92 Å². The van der Waals surface area contributed by atoms with Gasteiger partial charge in [-0.2, -0.15) is 0 Å². The molecule has 0 saturated carbocycles. The Hall–Kier alpha value is -1.57. The van der Waals surface area contributed by atoms with E-state index in [0.717, 1.165) is 11.8 Å². The van der Waals surface area contributed by atoms with Gasteiger partial charge in [0.05, 0.1) is 5.75 Å². The highest BCUT2D eigenvalue weighted by molar-refractivity contribution is 7.99. The van der Waals surface area contributed by atoms with E-state index in [1.165, 1.54) is 4.90 Å². The van der Waals surface area contributed by atoms with Gasteiger partial charge in [-0.25, -0.2) is 0 Å². The molecule has 0 aliphatic heterocycles. The van der Waals surface area contributed by atoms with Gasteiger partial charge in [0.1, 0.15) is 11.9 Å². The molecule has 1 rings (SSSR count). The number of aromatic nitrogens is 3. The van der Waals surface area contributed by atoms with Crippen molar-refractivity contribution in [3.63, 3.8) is 0 Å². The normalized spacial score (nSPS) is 12.2. The highest BCUT2D eigenvalue weighted by Gasteiger charge is 2.23. The molecule has 0 bridgehead atoms. The maximum absolute atomic E-state index is 12.0. The molecule has 8 heteroatoms. The number of aliphatic carboxylic acids is 1. The number of rotatable bonds is 6. The molecule has 106 valence electrons. The molecule has 7 nitrogen and oxygen atoms in total. The van der Waals surface area contributed by atoms with Gasteiger partial charge in [0.2, 0.25) is 5.91 Å². The summed E-state index contributed by atoms with van der Waals surface area (Å²) in [5.41, 5.74) is 0. The third-order valence-corrected chi connectivity index (χ3v) is 3.49. The highest BCUT2D eigenvalue weighted by atomic mass is 32.2. The number of carbonyl (C=O) groups is 2. The number of thioether (sulfide) groups is 1. The number of carboxylic acid groups (broad SMARTS) is 1. The van der Waals surface area contributed by atoms with Crippen LogP contribution >= 0.6 is 11.8 Å². The van der Waals surface area contributed by atoms with E-state index in [1.54, 1.807) is 25.6 Å². The van der Waals surface area contributed by atoms with E-state index >= 15 is 0 Å². The number of carboxylic acids is 1. The van der Waals surface area contributed by atoms with Crippen LogP contribution in [0.4, 0.5) is 0 Å². The number of amides is 1. The Morgan fingerprint density at radius 3 is 2.53 bits per heavy atom. The van der Waals surface area contributed by atoms with E-state index < -0.39 is 12.0 Å². The summed E-state index contributed by atoms with van der Waals surface area (Å²) in [7, 11) is 3.36. The quantitative estimate of drug-likeness (QED) is 0.773. The SMILES string of the molecule is CCc1nnc(SCC(=O)O)n1C(C)C(=O)N(C)C. The smallest absolute Gasteiger partial charge is 0.313 e. The summed E-state index contributed by atoms with van der Waals surface area (Å²) >= 11 is 1.07. The monoisotopic (exact) mass is 286 g/mol. The van der Waals surface area contributed by atoms with Crippen LogP contribution in [0.25, 0.3) is 0 Å². The highest BCUT2D eigenvalue weighted by Crippen LogP contribution is 2.22. The lowest BCUT2D eigenvalue weighted by atomic mass is 10.3. The van der Waals surface area contributed by atoms with Crippen LogP contribution in [-0.4, -0.2) is 56.5 Å². The van der Waals surface area contributed by atoms with E-state index in [4.69, 9.17) is 5.11 Å². The Bertz CT molecular complexity index is 473. The van der Waals surface area contributed by atoms with E-state index in [0.29, 0.717) is 17.4 Å². The summed E-state index contributed by atoms with van der Waals surface area (Å²) in [6.45, 7) is 3.68. The number of likely N-dealkylation sites (N-methyl/N-ethyl adjacent to an activating group) is 1. The van der Waals surface area contributed by atoms with Crippen molar-refractivity contribution in [1.82, 2.24) is 19.7 Å². The molecule has 1 heterocycles. The van der Waals surface area contributed by atoms with Gasteiger partial charge in [-0.3, -0.25) is 14.2 Å². The molecule has 1 N–H and O–H groups in total. The van der Waals surface area contributed by atoms with Gasteiger partial charge in [-0.1, -0.05) is 18.7 Å². The summed E-state index contributed by atoms with van der Waals surface area (Å²) in [5, 5.41) is 17.1. The average Bonchev–Trinajstić information content (AvgIpc) is 2.77. The zero-order valence-corrected chi connectivity index (χ0v) is 12.3. The first-order valence-electron chi connectivity index (χ1n) is 5.88. The molecule has 1 amide bonds.